The monoisotopic (exact) mass is 219 g/mol. The Bertz CT molecular complexity index is 363. The van der Waals surface area contributed by atoms with Gasteiger partial charge < -0.3 is 10.5 Å². The van der Waals surface area contributed by atoms with E-state index in [0.29, 0.717) is 0 Å². The average Bonchev–Trinajstić information content (AvgIpc) is 2.05. The number of primary amides is 1. The third-order valence-electron chi connectivity index (χ3n) is 1.56. The number of hydrogen-bond donors (Lipinski definition) is 1. The molecule has 0 aliphatic rings. The fraction of sp³-hybridized carbons (Fsp3) is 0.222. The third kappa shape index (κ3) is 3.88. The first-order chi connectivity index (χ1) is 6.88. The topological polar surface area (TPSA) is 52.3 Å². The Labute approximate surface area is 83.6 Å². The van der Waals surface area contributed by atoms with Gasteiger partial charge in [-0.05, 0) is 6.07 Å². The van der Waals surface area contributed by atoms with Crippen LogP contribution in [0.4, 0.5) is 13.2 Å². The minimum Gasteiger partial charge on any atom is -0.405 e. The molecule has 0 aliphatic heterocycles. The molecule has 0 bridgehead atoms. The van der Waals surface area contributed by atoms with Crippen LogP contribution in [-0.2, 0) is 11.2 Å². The summed E-state index contributed by atoms with van der Waals surface area (Å²) in [6.07, 6.45) is -5.06. The number of carbonyl (C=O) groups excluding carboxylic acids is 1. The van der Waals surface area contributed by atoms with Crippen molar-refractivity contribution in [2.24, 2.45) is 5.73 Å². The minimum absolute atomic E-state index is 0.113. The van der Waals surface area contributed by atoms with Gasteiger partial charge in [-0.15, -0.1) is 13.2 Å². The second-order valence-corrected chi connectivity index (χ2v) is 2.80. The lowest BCUT2D eigenvalue weighted by molar-refractivity contribution is -0.274. The van der Waals surface area contributed by atoms with Crippen molar-refractivity contribution in [3.05, 3.63) is 29.8 Å². The molecule has 0 aromatic heterocycles. The van der Waals surface area contributed by atoms with Crippen molar-refractivity contribution in [2.75, 3.05) is 0 Å². The summed E-state index contributed by atoms with van der Waals surface area (Å²) in [5, 5.41) is 0. The fourth-order valence-electron chi connectivity index (χ4n) is 1.06. The van der Waals surface area contributed by atoms with Crippen LogP contribution in [0.2, 0.25) is 0 Å². The van der Waals surface area contributed by atoms with Crippen LogP contribution >= 0.6 is 0 Å². The van der Waals surface area contributed by atoms with Crippen LogP contribution in [0.25, 0.3) is 0 Å². The first kappa shape index (κ1) is 11.4. The molecule has 0 spiro atoms. The molecule has 1 rings (SSSR count). The van der Waals surface area contributed by atoms with Gasteiger partial charge >= 0.3 is 6.36 Å². The molecule has 15 heavy (non-hydrogen) atoms. The van der Waals surface area contributed by atoms with E-state index in [-0.39, 0.29) is 12.0 Å². The molecule has 1 aromatic rings. The normalized spacial score (nSPS) is 11.1. The maximum absolute atomic E-state index is 11.9. The lowest BCUT2D eigenvalue weighted by Gasteiger charge is -2.11. The van der Waals surface area contributed by atoms with E-state index >= 15 is 0 Å². The molecule has 0 atom stereocenters. The van der Waals surface area contributed by atoms with Gasteiger partial charge in [0.05, 0.1) is 6.42 Å². The first-order valence-corrected chi connectivity index (χ1v) is 4.00. The van der Waals surface area contributed by atoms with Crippen molar-refractivity contribution in [3.63, 3.8) is 0 Å². The van der Waals surface area contributed by atoms with E-state index in [4.69, 9.17) is 5.73 Å². The molecule has 6 heteroatoms. The summed E-state index contributed by atoms with van der Waals surface area (Å²) >= 11 is 0. The van der Waals surface area contributed by atoms with E-state index < -0.39 is 18.0 Å². The minimum atomic E-state index is -4.77. The van der Waals surface area contributed by atoms with Crippen molar-refractivity contribution in [3.8, 4) is 5.75 Å². The molecule has 0 unspecified atom stereocenters. The number of alkyl halides is 3. The SMILES string of the molecule is NC(=O)Cc1ccccc1OC(F)(F)F. The van der Waals surface area contributed by atoms with E-state index in [1.54, 1.807) is 0 Å². The zero-order chi connectivity index (χ0) is 11.5. The molecule has 0 aliphatic carbocycles. The fourth-order valence-corrected chi connectivity index (χ4v) is 1.06. The van der Waals surface area contributed by atoms with Gasteiger partial charge in [-0.3, -0.25) is 4.79 Å². The molecule has 0 saturated carbocycles. The predicted octanol–water partition coefficient (Wildman–Crippen LogP) is 1.61. The zero-order valence-electron chi connectivity index (χ0n) is 7.54. The summed E-state index contributed by atoms with van der Waals surface area (Å²) in [7, 11) is 0. The maximum Gasteiger partial charge on any atom is 0.573 e. The van der Waals surface area contributed by atoms with Gasteiger partial charge in [0, 0.05) is 5.56 Å². The predicted molar refractivity (Wildman–Crippen MR) is 46.0 cm³/mol. The summed E-state index contributed by atoms with van der Waals surface area (Å²) in [5.41, 5.74) is 4.99. The van der Waals surface area contributed by atoms with Crippen molar-refractivity contribution < 1.29 is 22.7 Å². The van der Waals surface area contributed by atoms with Crippen molar-refractivity contribution in [1.82, 2.24) is 0 Å². The first-order valence-electron chi connectivity index (χ1n) is 4.00. The van der Waals surface area contributed by atoms with Gasteiger partial charge in [-0.2, -0.15) is 0 Å². The number of amides is 1. The summed E-state index contributed by atoms with van der Waals surface area (Å²) in [6.45, 7) is 0. The highest BCUT2D eigenvalue weighted by atomic mass is 19.4. The lowest BCUT2D eigenvalue weighted by atomic mass is 10.1. The highest BCUT2D eigenvalue weighted by molar-refractivity contribution is 5.77. The Morgan fingerprint density at radius 1 is 1.33 bits per heavy atom. The van der Waals surface area contributed by atoms with Crippen LogP contribution in [0.3, 0.4) is 0 Å². The Balaban J connectivity index is 2.91. The Kier molecular flexibility index (Phi) is 3.18. The number of ether oxygens (including phenoxy) is 1. The highest BCUT2D eigenvalue weighted by Crippen LogP contribution is 2.26. The van der Waals surface area contributed by atoms with Crippen LogP contribution < -0.4 is 10.5 Å². The molecular weight excluding hydrogens is 211 g/mol. The number of nitrogens with two attached hydrogens (primary N) is 1. The molecule has 1 aromatic carbocycles. The van der Waals surface area contributed by atoms with Gasteiger partial charge in [0.25, 0.3) is 0 Å². The lowest BCUT2D eigenvalue weighted by Crippen LogP contribution is -2.20. The molecule has 3 nitrogen and oxygen atoms in total. The molecule has 1 amide bonds. The van der Waals surface area contributed by atoms with Crippen molar-refractivity contribution in [2.45, 2.75) is 12.8 Å². The van der Waals surface area contributed by atoms with Crippen LogP contribution in [0.1, 0.15) is 5.56 Å². The van der Waals surface area contributed by atoms with Gasteiger partial charge in [-0.1, -0.05) is 18.2 Å². The number of para-hydroxylation sites is 1. The summed E-state index contributed by atoms with van der Waals surface area (Å²) < 4.78 is 39.5. The van der Waals surface area contributed by atoms with E-state index in [1.807, 2.05) is 0 Å². The standard InChI is InChI=1S/C9H8F3NO2/c10-9(11,12)15-7-4-2-1-3-6(7)5-8(13)14/h1-4H,5H2,(H2,13,14). The Morgan fingerprint density at radius 3 is 2.47 bits per heavy atom. The van der Waals surface area contributed by atoms with Crippen molar-refractivity contribution in [1.29, 1.82) is 0 Å². The highest BCUT2D eigenvalue weighted by Gasteiger charge is 2.32. The summed E-state index contributed by atoms with van der Waals surface area (Å²) in [4.78, 5) is 10.6. The van der Waals surface area contributed by atoms with E-state index in [2.05, 4.69) is 4.74 Å². The second kappa shape index (κ2) is 4.20. The third-order valence-corrected chi connectivity index (χ3v) is 1.56. The largest absolute Gasteiger partial charge is 0.573 e. The van der Waals surface area contributed by atoms with E-state index in [9.17, 15) is 18.0 Å². The van der Waals surface area contributed by atoms with Crippen LogP contribution in [0.5, 0.6) is 5.75 Å². The number of rotatable bonds is 3. The van der Waals surface area contributed by atoms with Gasteiger partial charge in [0.15, 0.2) is 0 Å². The average molecular weight is 219 g/mol. The summed E-state index contributed by atoms with van der Waals surface area (Å²) in [6, 6.07) is 5.37. The van der Waals surface area contributed by atoms with Crippen LogP contribution in [0.15, 0.2) is 24.3 Å². The molecular formula is C9H8F3NO2. The molecule has 0 fully saturated rings. The van der Waals surface area contributed by atoms with E-state index in [1.165, 1.54) is 18.2 Å². The Hall–Kier alpha value is -1.72. The van der Waals surface area contributed by atoms with Gasteiger partial charge in [-0.25, -0.2) is 0 Å². The number of carbonyl (C=O) groups is 1. The number of hydrogen-bond acceptors (Lipinski definition) is 2. The summed E-state index contributed by atoms with van der Waals surface area (Å²) in [5.74, 6) is -1.11. The quantitative estimate of drug-likeness (QED) is 0.839. The van der Waals surface area contributed by atoms with E-state index in [0.717, 1.165) is 6.07 Å². The zero-order valence-corrected chi connectivity index (χ0v) is 7.54. The molecule has 82 valence electrons. The maximum atomic E-state index is 11.9. The van der Waals surface area contributed by atoms with Gasteiger partial charge in [0.2, 0.25) is 5.91 Å². The molecule has 2 N–H and O–H groups in total. The molecule has 0 saturated heterocycles. The smallest absolute Gasteiger partial charge is 0.405 e. The second-order valence-electron chi connectivity index (χ2n) is 2.80. The van der Waals surface area contributed by atoms with Gasteiger partial charge in [0.1, 0.15) is 5.75 Å². The Morgan fingerprint density at radius 2 is 1.93 bits per heavy atom. The van der Waals surface area contributed by atoms with Crippen LogP contribution in [0, 0.1) is 0 Å². The number of halogens is 3. The molecule has 0 radical (unpaired) electrons. The van der Waals surface area contributed by atoms with Crippen LogP contribution in [-0.4, -0.2) is 12.3 Å². The van der Waals surface area contributed by atoms with Crippen molar-refractivity contribution >= 4 is 5.91 Å². The number of benzene rings is 1. The molecule has 0 heterocycles.